The molecule has 1 atom stereocenters. The summed E-state index contributed by atoms with van der Waals surface area (Å²) in [6, 6.07) is 5.18. The molecule has 2 amide bonds. The van der Waals surface area contributed by atoms with Crippen LogP contribution < -0.4 is 10.5 Å². The van der Waals surface area contributed by atoms with Crippen LogP contribution in [0, 0.1) is 5.41 Å². The Morgan fingerprint density at radius 3 is 2.58 bits per heavy atom. The number of alkyl halides is 3. The van der Waals surface area contributed by atoms with E-state index in [9.17, 15) is 22.8 Å². The van der Waals surface area contributed by atoms with Crippen LogP contribution in [0.2, 0.25) is 0 Å². The summed E-state index contributed by atoms with van der Waals surface area (Å²) in [6.07, 6.45) is -3.31. The number of hydrogen-bond acceptors (Lipinski definition) is 3. The highest BCUT2D eigenvalue weighted by atomic mass is 19.4. The predicted molar refractivity (Wildman–Crippen MR) is 80.2 cm³/mol. The lowest BCUT2D eigenvalue weighted by Gasteiger charge is -2.40. The molecule has 1 saturated heterocycles. The molecule has 0 radical (unpaired) electrons. The second kappa shape index (κ2) is 6.70. The standard InChI is InChI=1S/C16H19F3N2O3/c1-2-15(14(20)23)8-5-9-21(10-15)13(22)11-6-3-4-7-12(11)24-16(17,18)19/h3-4,6-7H,2,5,8-10H2,1H3,(H2,20,23). The third-order valence-electron chi connectivity index (χ3n) is 4.41. The summed E-state index contributed by atoms with van der Waals surface area (Å²) >= 11 is 0. The van der Waals surface area contributed by atoms with Gasteiger partial charge in [-0.15, -0.1) is 13.2 Å². The number of primary amides is 1. The van der Waals surface area contributed by atoms with Gasteiger partial charge in [-0.3, -0.25) is 9.59 Å². The van der Waals surface area contributed by atoms with Crippen molar-refractivity contribution in [3.8, 4) is 5.75 Å². The summed E-state index contributed by atoms with van der Waals surface area (Å²) in [6.45, 7) is 2.26. The van der Waals surface area contributed by atoms with Crippen LogP contribution >= 0.6 is 0 Å². The number of carbonyl (C=O) groups excluding carboxylic acids is 2. The van der Waals surface area contributed by atoms with Crippen LogP contribution in [0.4, 0.5) is 13.2 Å². The smallest absolute Gasteiger partial charge is 0.405 e. The zero-order chi connectivity index (χ0) is 18.0. The molecular weight excluding hydrogens is 325 g/mol. The van der Waals surface area contributed by atoms with Crippen LogP contribution in [-0.2, 0) is 4.79 Å². The number of hydrogen-bond donors (Lipinski definition) is 1. The molecule has 1 aromatic rings. The van der Waals surface area contributed by atoms with Gasteiger partial charge in [0.15, 0.2) is 0 Å². The van der Waals surface area contributed by atoms with Crippen molar-refractivity contribution >= 4 is 11.8 Å². The average molecular weight is 344 g/mol. The first-order valence-corrected chi connectivity index (χ1v) is 7.62. The van der Waals surface area contributed by atoms with Gasteiger partial charge in [0, 0.05) is 13.1 Å². The minimum Gasteiger partial charge on any atom is -0.405 e. The lowest BCUT2D eigenvalue weighted by atomic mass is 9.77. The summed E-state index contributed by atoms with van der Waals surface area (Å²) in [5.74, 6) is -1.65. The summed E-state index contributed by atoms with van der Waals surface area (Å²) in [5.41, 5.74) is 4.45. The molecule has 8 heteroatoms. The van der Waals surface area contributed by atoms with Gasteiger partial charge in [-0.1, -0.05) is 19.1 Å². The fraction of sp³-hybridized carbons (Fsp3) is 0.500. The van der Waals surface area contributed by atoms with Crippen LogP contribution in [0.1, 0.15) is 36.5 Å². The maximum Gasteiger partial charge on any atom is 0.573 e. The lowest BCUT2D eigenvalue weighted by molar-refractivity contribution is -0.274. The molecule has 2 rings (SSSR count). The number of nitrogens with two attached hydrogens (primary N) is 1. The molecule has 5 nitrogen and oxygen atoms in total. The molecule has 0 aliphatic carbocycles. The van der Waals surface area contributed by atoms with Gasteiger partial charge in [0.1, 0.15) is 5.75 Å². The molecule has 1 unspecified atom stereocenters. The molecule has 1 aliphatic heterocycles. The topological polar surface area (TPSA) is 72.6 Å². The van der Waals surface area contributed by atoms with E-state index in [1.807, 2.05) is 0 Å². The average Bonchev–Trinajstić information content (AvgIpc) is 2.53. The van der Waals surface area contributed by atoms with E-state index >= 15 is 0 Å². The summed E-state index contributed by atoms with van der Waals surface area (Å²) in [4.78, 5) is 25.8. The maximum absolute atomic E-state index is 12.7. The summed E-state index contributed by atoms with van der Waals surface area (Å²) in [5, 5.41) is 0. The fourth-order valence-corrected chi connectivity index (χ4v) is 3.00. The Balaban J connectivity index is 2.27. The van der Waals surface area contributed by atoms with Gasteiger partial charge in [0.05, 0.1) is 11.0 Å². The van der Waals surface area contributed by atoms with E-state index in [0.29, 0.717) is 25.8 Å². The molecule has 1 heterocycles. The van der Waals surface area contributed by atoms with Gasteiger partial charge < -0.3 is 15.4 Å². The number of carbonyl (C=O) groups is 2. The first-order chi connectivity index (χ1) is 11.2. The van der Waals surface area contributed by atoms with Crippen molar-refractivity contribution in [1.82, 2.24) is 4.90 Å². The molecular formula is C16H19F3N2O3. The summed E-state index contributed by atoms with van der Waals surface area (Å²) < 4.78 is 41.4. The number of amides is 2. The van der Waals surface area contributed by atoms with Crippen molar-refractivity contribution in [3.05, 3.63) is 29.8 Å². The van der Waals surface area contributed by atoms with Crippen molar-refractivity contribution in [3.63, 3.8) is 0 Å². The number of likely N-dealkylation sites (tertiary alicyclic amines) is 1. The van der Waals surface area contributed by atoms with Crippen LogP contribution in [0.5, 0.6) is 5.75 Å². The first-order valence-electron chi connectivity index (χ1n) is 7.62. The second-order valence-corrected chi connectivity index (χ2v) is 5.87. The van der Waals surface area contributed by atoms with Crippen LogP contribution in [0.25, 0.3) is 0 Å². The molecule has 1 aliphatic rings. The van der Waals surface area contributed by atoms with E-state index in [1.54, 1.807) is 6.92 Å². The van der Waals surface area contributed by atoms with Gasteiger partial charge in [-0.25, -0.2) is 0 Å². The van der Waals surface area contributed by atoms with Crippen LogP contribution in [0.3, 0.4) is 0 Å². The highest BCUT2D eigenvalue weighted by Gasteiger charge is 2.41. The quantitative estimate of drug-likeness (QED) is 0.913. The number of benzene rings is 1. The minimum absolute atomic E-state index is 0.0953. The maximum atomic E-state index is 12.7. The number of piperidine rings is 1. The van der Waals surface area contributed by atoms with Crippen LogP contribution in [0.15, 0.2) is 24.3 Å². The zero-order valence-corrected chi connectivity index (χ0v) is 13.2. The number of para-hydroxylation sites is 1. The Labute approximate surface area is 137 Å². The number of halogens is 3. The molecule has 0 bridgehead atoms. The first kappa shape index (κ1) is 18.1. The van der Waals surface area contributed by atoms with E-state index in [4.69, 9.17) is 5.73 Å². The predicted octanol–water partition coefficient (Wildman–Crippen LogP) is 2.70. The SMILES string of the molecule is CCC1(C(N)=O)CCCN(C(=O)c2ccccc2OC(F)(F)F)C1. The Kier molecular flexibility index (Phi) is 5.05. The van der Waals surface area contributed by atoms with Gasteiger partial charge >= 0.3 is 6.36 Å². The number of rotatable bonds is 4. The van der Waals surface area contributed by atoms with Crippen molar-refractivity contribution in [2.24, 2.45) is 11.1 Å². The molecule has 0 spiro atoms. The normalized spacial score (nSPS) is 21.4. The van der Waals surface area contributed by atoms with E-state index in [-0.39, 0.29) is 12.1 Å². The van der Waals surface area contributed by atoms with E-state index in [0.717, 1.165) is 6.07 Å². The number of nitrogens with zero attached hydrogens (tertiary/aromatic N) is 1. The van der Waals surface area contributed by atoms with Gasteiger partial charge in [0.25, 0.3) is 5.91 Å². The molecule has 132 valence electrons. The third kappa shape index (κ3) is 3.80. The third-order valence-corrected chi connectivity index (χ3v) is 4.41. The molecule has 0 saturated carbocycles. The Bertz CT molecular complexity index is 633. The van der Waals surface area contributed by atoms with E-state index < -0.39 is 29.3 Å². The van der Waals surface area contributed by atoms with Gasteiger partial charge in [-0.2, -0.15) is 0 Å². The number of ether oxygens (including phenoxy) is 1. The van der Waals surface area contributed by atoms with Crippen molar-refractivity contribution in [2.45, 2.75) is 32.5 Å². The lowest BCUT2D eigenvalue weighted by Crippen LogP contribution is -2.52. The molecule has 0 aromatic heterocycles. The Morgan fingerprint density at radius 1 is 1.33 bits per heavy atom. The van der Waals surface area contributed by atoms with Gasteiger partial charge in [-0.05, 0) is 31.4 Å². The van der Waals surface area contributed by atoms with E-state index in [1.165, 1.54) is 23.1 Å². The highest BCUT2D eigenvalue weighted by molar-refractivity contribution is 5.97. The van der Waals surface area contributed by atoms with Crippen LogP contribution in [-0.4, -0.2) is 36.2 Å². The highest BCUT2D eigenvalue weighted by Crippen LogP contribution is 2.35. The fourth-order valence-electron chi connectivity index (χ4n) is 3.00. The molecule has 1 aromatic carbocycles. The molecule has 1 fully saturated rings. The molecule has 2 N–H and O–H groups in total. The summed E-state index contributed by atoms with van der Waals surface area (Å²) in [7, 11) is 0. The largest absolute Gasteiger partial charge is 0.573 e. The minimum atomic E-state index is -4.89. The Hall–Kier alpha value is -2.25. The monoisotopic (exact) mass is 344 g/mol. The second-order valence-electron chi connectivity index (χ2n) is 5.87. The van der Waals surface area contributed by atoms with E-state index in [2.05, 4.69) is 4.74 Å². The van der Waals surface area contributed by atoms with Crippen molar-refractivity contribution in [2.75, 3.05) is 13.1 Å². The Morgan fingerprint density at radius 2 is 2.00 bits per heavy atom. The van der Waals surface area contributed by atoms with Crippen molar-refractivity contribution in [1.29, 1.82) is 0 Å². The van der Waals surface area contributed by atoms with Gasteiger partial charge in [0.2, 0.25) is 5.91 Å². The molecule has 24 heavy (non-hydrogen) atoms. The van der Waals surface area contributed by atoms with Crippen molar-refractivity contribution < 1.29 is 27.5 Å². The zero-order valence-electron chi connectivity index (χ0n) is 13.2.